The summed E-state index contributed by atoms with van der Waals surface area (Å²) in [5.74, 6) is -0.133. The van der Waals surface area contributed by atoms with Crippen LogP contribution in [0.3, 0.4) is 0 Å². The molecule has 0 fully saturated rings. The van der Waals surface area contributed by atoms with Crippen molar-refractivity contribution in [3.63, 3.8) is 0 Å². The summed E-state index contributed by atoms with van der Waals surface area (Å²) in [7, 11) is 0. The number of aromatic nitrogens is 1. The average molecular weight is 264 g/mol. The number of nitrogens with one attached hydrogen (secondary N) is 1. The number of carbonyl (C=O) groups excluding carboxylic acids is 1. The van der Waals surface area contributed by atoms with Gasteiger partial charge in [0.25, 0.3) is 0 Å². The number of benzene rings is 1. The largest absolute Gasteiger partial charge is 0.394 e. The molecule has 2 rings (SSSR count). The van der Waals surface area contributed by atoms with Gasteiger partial charge >= 0.3 is 0 Å². The number of aliphatic hydroxyl groups excluding tert-OH is 1. The molecular weight excluding hydrogens is 248 g/mol. The van der Waals surface area contributed by atoms with Crippen molar-refractivity contribution in [2.75, 3.05) is 26.4 Å². The minimum absolute atomic E-state index is 0.0150. The maximum absolute atomic E-state index is 11.7. The molecule has 0 radical (unpaired) electrons. The second-order valence-corrected chi connectivity index (χ2v) is 3.99. The van der Waals surface area contributed by atoms with E-state index in [1.807, 2.05) is 24.3 Å². The zero-order valence-corrected chi connectivity index (χ0v) is 10.5. The van der Waals surface area contributed by atoms with Crippen molar-refractivity contribution >= 4 is 16.9 Å². The van der Waals surface area contributed by atoms with Crippen molar-refractivity contribution in [2.24, 2.45) is 0 Å². The van der Waals surface area contributed by atoms with Crippen molar-refractivity contribution in [3.05, 3.63) is 30.0 Å². The van der Waals surface area contributed by atoms with Gasteiger partial charge in [-0.15, -0.1) is 0 Å². The zero-order valence-electron chi connectivity index (χ0n) is 10.5. The van der Waals surface area contributed by atoms with Crippen LogP contribution in [0.15, 0.2) is 28.8 Å². The molecule has 6 heteroatoms. The summed E-state index contributed by atoms with van der Waals surface area (Å²) in [5.41, 5.74) is 1.31. The molecule has 102 valence electrons. The average Bonchev–Trinajstić information content (AvgIpc) is 2.82. The molecule has 0 saturated carbocycles. The summed E-state index contributed by atoms with van der Waals surface area (Å²) in [6.45, 7) is 1.06. The van der Waals surface area contributed by atoms with E-state index in [2.05, 4.69) is 10.5 Å². The van der Waals surface area contributed by atoms with Crippen LogP contribution >= 0.6 is 0 Å². The van der Waals surface area contributed by atoms with Crippen LogP contribution in [0.5, 0.6) is 0 Å². The highest BCUT2D eigenvalue weighted by Gasteiger charge is 2.11. The third-order valence-electron chi connectivity index (χ3n) is 2.58. The molecule has 1 aromatic carbocycles. The van der Waals surface area contributed by atoms with Crippen molar-refractivity contribution in [1.29, 1.82) is 0 Å². The van der Waals surface area contributed by atoms with E-state index in [9.17, 15) is 4.79 Å². The Bertz CT molecular complexity index is 538. The molecule has 0 aliphatic carbocycles. The highest BCUT2D eigenvalue weighted by molar-refractivity contribution is 5.86. The van der Waals surface area contributed by atoms with E-state index in [1.54, 1.807) is 0 Å². The topological polar surface area (TPSA) is 84.6 Å². The highest BCUT2D eigenvalue weighted by Crippen LogP contribution is 2.17. The number of para-hydroxylation sites is 1. The number of fused-ring (bicyclic) bond motifs is 1. The number of aliphatic hydroxyl groups is 1. The minimum Gasteiger partial charge on any atom is -0.394 e. The number of amides is 1. The monoisotopic (exact) mass is 264 g/mol. The first-order valence-electron chi connectivity index (χ1n) is 6.10. The normalized spacial score (nSPS) is 10.8. The molecule has 1 aromatic heterocycles. The van der Waals surface area contributed by atoms with E-state index in [1.165, 1.54) is 0 Å². The molecule has 0 aliphatic rings. The van der Waals surface area contributed by atoms with Gasteiger partial charge in [-0.25, -0.2) is 0 Å². The van der Waals surface area contributed by atoms with Crippen LogP contribution in [0.2, 0.25) is 0 Å². The van der Waals surface area contributed by atoms with Crippen LogP contribution in [0.25, 0.3) is 11.0 Å². The predicted octanol–water partition coefficient (Wildman–Crippen LogP) is 0.495. The summed E-state index contributed by atoms with van der Waals surface area (Å²) in [6.07, 6.45) is 0.178. The van der Waals surface area contributed by atoms with Crippen molar-refractivity contribution in [2.45, 2.75) is 6.42 Å². The molecular formula is C13H16N2O4. The Balaban J connectivity index is 1.82. The molecule has 2 N–H and O–H groups in total. The smallest absolute Gasteiger partial charge is 0.226 e. The third-order valence-corrected chi connectivity index (χ3v) is 2.58. The summed E-state index contributed by atoms with van der Waals surface area (Å²) in [4.78, 5) is 11.7. The van der Waals surface area contributed by atoms with Crippen molar-refractivity contribution in [3.8, 4) is 0 Å². The number of hydrogen-bond acceptors (Lipinski definition) is 5. The molecule has 0 spiro atoms. The van der Waals surface area contributed by atoms with Gasteiger partial charge in [-0.05, 0) is 12.1 Å². The number of hydrogen-bond donors (Lipinski definition) is 2. The molecule has 0 unspecified atom stereocenters. The number of nitrogens with zero attached hydrogens (tertiary/aromatic N) is 1. The lowest BCUT2D eigenvalue weighted by Crippen LogP contribution is -2.29. The fraction of sp³-hybridized carbons (Fsp3) is 0.385. The quantitative estimate of drug-likeness (QED) is 0.711. The summed E-state index contributed by atoms with van der Waals surface area (Å²) >= 11 is 0. The van der Waals surface area contributed by atoms with E-state index < -0.39 is 0 Å². The van der Waals surface area contributed by atoms with Crippen molar-refractivity contribution < 1.29 is 19.2 Å². The van der Waals surface area contributed by atoms with Crippen LogP contribution in [0.4, 0.5) is 0 Å². The van der Waals surface area contributed by atoms with Crippen LogP contribution in [-0.4, -0.2) is 42.5 Å². The van der Waals surface area contributed by atoms with Gasteiger partial charge < -0.3 is 19.7 Å². The van der Waals surface area contributed by atoms with Gasteiger partial charge in [0.05, 0.1) is 26.2 Å². The summed E-state index contributed by atoms with van der Waals surface area (Å²) < 4.78 is 10.2. The first kappa shape index (κ1) is 13.5. The number of carbonyl (C=O) groups is 1. The molecule has 0 atom stereocenters. The maximum atomic E-state index is 11.7. The molecule has 0 bridgehead atoms. The highest BCUT2D eigenvalue weighted by atomic mass is 16.5. The Kier molecular flexibility index (Phi) is 4.88. The van der Waals surface area contributed by atoms with Gasteiger partial charge in [0.2, 0.25) is 5.91 Å². The standard InChI is InChI=1S/C13H16N2O4/c16-6-8-18-7-5-14-13(17)9-11-10-3-1-2-4-12(10)19-15-11/h1-4,16H,5-9H2,(H,14,17). The SMILES string of the molecule is O=C(Cc1noc2ccccc12)NCCOCCO. The van der Waals surface area contributed by atoms with Gasteiger partial charge in [-0.1, -0.05) is 17.3 Å². The third kappa shape index (κ3) is 3.77. The van der Waals surface area contributed by atoms with Gasteiger partial charge in [-0.3, -0.25) is 4.79 Å². The summed E-state index contributed by atoms with van der Waals surface area (Å²) in [6, 6.07) is 7.42. The maximum Gasteiger partial charge on any atom is 0.226 e. The van der Waals surface area contributed by atoms with Crippen LogP contribution < -0.4 is 5.32 Å². The van der Waals surface area contributed by atoms with E-state index in [0.717, 1.165) is 5.39 Å². The molecule has 1 amide bonds. The lowest BCUT2D eigenvalue weighted by atomic mass is 10.2. The molecule has 1 heterocycles. The zero-order chi connectivity index (χ0) is 13.5. The van der Waals surface area contributed by atoms with Gasteiger partial charge in [0, 0.05) is 11.9 Å². The first-order valence-corrected chi connectivity index (χ1v) is 6.10. The first-order chi connectivity index (χ1) is 9.31. The van der Waals surface area contributed by atoms with E-state index >= 15 is 0 Å². The Labute approximate surface area is 110 Å². The molecule has 0 saturated heterocycles. The Morgan fingerprint density at radius 3 is 3.05 bits per heavy atom. The number of rotatable bonds is 7. The summed E-state index contributed by atoms with van der Waals surface area (Å²) in [5, 5.41) is 16.0. The van der Waals surface area contributed by atoms with E-state index in [4.69, 9.17) is 14.4 Å². The lowest BCUT2D eigenvalue weighted by molar-refractivity contribution is -0.120. The lowest BCUT2D eigenvalue weighted by Gasteiger charge is -2.04. The minimum atomic E-state index is -0.133. The van der Waals surface area contributed by atoms with Crippen LogP contribution in [0.1, 0.15) is 5.69 Å². The number of ether oxygens (including phenoxy) is 1. The Hall–Kier alpha value is -1.92. The van der Waals surface area contributed by atoms with E-state index in [0.29, 0.717) is 24.4 Å². The fourth-order valence-electron chi connectivity index (χ4n) is 1.71. The van der Waals surface area contributed by atoms with Crippen LogP contribution in [0, 0.1) is 0 Å². The molecule has 6 nitrogen and oxygen atoms in total. The van der Waals surface area contributed by atoms with Gasteiger partial charge in [0.15, 0.2) is 5.58 Å². The molecule has 19 heavy (non-hydrogen) atoms. The van der Waals surface area contributed by atoms with Gasteiger partial charge in [0.1, 0.15) is 5.69 Å². The van der Waals surface area contributed by atoms with E-state index in [-0.39, 0.29) is 25.5 Å². The Morgan fingerprint density at radius 1 is 1.37 bits per heavy atom. The Morgan fingerprint density at radius 2 is 2.21 bits per heavy atom. The van der Waals surface area contributed by atoms with Crippen LogP contribution in [-0.2, 0) is 16.0 Å². The molecule has 2 aromatic rings. The second-order valence-electron chi connectivity index (χ2n) is 3.99. The predicted molar refractivity (Wildman–Crippen MR) is 68.6 cm³/mol. The molecule has 0 aliphatic heterocycles. The fourth-order valence-corrected chi connectivity index (χ4v) is 1.71. The van der Waals surface area contributed by atoms with Crippen molar-refractivity contribution in [1.82, 2.24) is 10.5 Å². The second kappa shape index (κ2) is 6.86. The van der Waals surface area contributed by atoms with Gasteiger partial charge in [-0.2, -0.15) is 0 Å².